The third-order valence-corrected chi connectivity index (χ3v) is 4.60. The number of nitrogens with zero attached hydrogens (tertiary/aromatic N) is 1. The van der Waals surface area contributed by atoms with Crippen molar-refractivity contribution in [2.24, 2.45) is 0 Å². The first-order valence-electron chi connectivity index (χ1n) is 7.60. The number of thiazole rings is 1. The van der Waals surface area contributed by atoms with Crippen molar-refractivity contribution in [2.45, 2.75) is 6.92 Å². The van der Waals surface area contributed by atoms with Crippen molar-refractivity contribution in [3.05, 3.63) is 70.7 Å². The third-order valence-electron chi connectivity index (χ3n) is 3.59. The number of ether oxygens (including phenoxy) is 1. The monoisotopic (exact) mass is 352 g/mol. The maximum Gasteiger partial charge on any atom is 0.339 e. The lowest BCUT2D eigenvalue weighted by atomic mass is 10.1. The zero-order chi connectivity index (χ0) is 17.8. The molecule has 1 N–H and O–H groups in total. The Labute approximate surface area is 149 Å². The lowest BCUT2D eigenvalue weighted by Crippen LogP contribution is -2.15. The van der Waals surface area contributed by atoms with E-state index in [1.165, 1.54) is 7.11 Å². The van der Waals surface area contributed by atoms with E-state index in [0.717, 1.165) is 16.3 Å². The number of hydrogen-bond donors (Lipinski definition) is 1. The van der Waals surface area contributed by atoms with Gasteiger partial charge in [0.25, 0.3) is 5.91 Å². The highest BCUT2D eigenvalue weighted by atomic mass is 32.1. The molecule has 25 heavy (non-hydrogen) atoms. The van der Waals surface area contributed by atoms with E-state index < -0.39 is 5.97 Å². The zero-order valence-corrected chi connectivity index (χ0v) is 14.6. The molecule has 6 heteroatoms. The Morgan fingerprint density at radius 2 is 1.80 bits per heavy atom. The van der Waals surface area contributed by atoms with Crippen LogP contribution in [0.2, 0.25) is 0 Å². The van der Waals surface area contributed by atoms with Gasteiger partial charge in [-0.3, -0.25) is 4.79 Å². The van der Waals surface area contributed by atoms with Crippen LogP contribution in [-0.4, -0.2) is 24.0 Å². The van der Waals surface area contributed by atoms with Gasteiger partial charge in [-0.05, 0) is 31.2 Å². The van der Waals surface area contributed by atoms with Crippen LogP contribution in [0.3, 0.4) is 0 Å². The van der Waals surface area contributed by atoms with Crippen LogP contribution in [0, 0.1) is 6.92 Å². The summed E-state index contributed by atoms with van der Waals surface area (Å²) in [5.74, 6) is -0.788. The summed E-state index contributed by atoms with van der Waals surface area (Å²) < 4.78 is 4.73. The molecule has 0 aliphatic heterocycles. The van der Waals surface area contributed by atoms with Gasteiger partial charge in [0.15, 0.2) is 0 Å². The first-order chi connectivity index (χ1) is 12.1. The molecule has 1 amide bonds. The fourth-order valence-corrected chi connectivity index (χ4v) is 3.13. The van der Waals surface area contributed by atoms with Crippen LogP contribution in [0.1, 0.15) is 26.4 Å². The predicted molar refractivity (Wildman–Crippen MR) is 98.0 cm³/mol. The van der Waals surface area contributed by atoms with Gasteiger partial charge in [0.1, 0.15) is 5.01 Å². The van der Waals surface area contributed by atoms with Crippen molar-refractivity contribution in [1.29, 1.82) is 0 Å². The smallest absolute Gasteiger partial charge is 0.339 e. The summed E-state index contributed by atoms with van der Waals surface area (Å²) in [6.45, 7) is 1.95. The molecule has 1 heterocycles. The standard InChI is InChI=1S/C19H16N2O3S/c1-12-11-25-18(20-12)14-9-7-13(8-10-14)17(22)21-16-6-4-3-5-15(16)19(23)24-2/h3-11H,1-2H3,(H,21,22). The fraction of sp³-hybridized carbons (Fsp3) is 0.105. The van der Waals surface area contributed by atoms with Crippen molar-refractivity contribution < 1.29 is 14.3 Å². The van der Waals surface area contributed by atoms with Gasteiger partial charge in [0.05, 0.1) is 18.4 Å². The van der Waals surface area contributed by atoms with Crippen LogP contribution in [0.25, 0.3) is 10.6 Å². The fourth-order valence-electron chi connectivity index (χ4n) is 2.33. The molecule has 3 rings (SSSR count). The van der Waals surface area contributed by atoms with Gasteiger partial charge < -0.3 is 10.1 Å². The minimum Gasteiger partial charge on any atom is -0.465 e. The molecule has 0 saturated carbocycles. The number of amides is 1. The topological polar surface area (TPSA) is 68.3 Å². The van der Waals surface area contributed by atoms with E-state index in [0.29, 0.717) is 16.8 Å². The lowest BCUT2D eigenvalue weighted by Gasteiger charge is -2.09. The summed E-state index contributed by atoms with van der Waals surface area (Å²) in [6.07, 6.45) is 0. The summed E-state index contributed by atoms with van der Waals surface area (Å²) in [5, 5.41) is 5.66. The van der Waals surface area contributed by atoms with Crippen molar-refractivity contribution >= 4 is 28.9 Å². The van der Waals surface area contributed by atoms with E-state index in [4.69, 9.17) is 4.74 Å². The van der Waals surface area contributed by atoms with E-state index in [9.17, 15) is 9.59 Å². The Kier molecular flexibility index (Phi) is 4.90. The van der Waals surface area contributed by atoms with Gasteiger partial charge in [-0.25, -0.2) is 9.78 Å². The molecule has 0 spiro atoms. The average molecular weight is 352 g/mol. The highest BCUT2D eigenvalue weighted by molar-refractivity contribution is 7.13. The number of aryl methyl sites for hydroxylation is 1. The van der Waals surface area contributed by atoms with Crippen LogP contribution in [0.4, 0.5) is 5.69 Å². The molecule has 0 aliphatic rings. The summed E-state index contributed by atoms with van der Waals surface area (Å²) in [7, 11) is 1.31. The minimum atomic E-state index is -0.495. The first-order valence-corrected chi connectivity index (χ1v) is 8.47. The highest BCUT2D eigenvalue weighted by Crippen LogP contribution is 2.24. The second-order valence-corrected chi connectivity index (χ2v) is 6.22. The number of anilines is 1. The van der Waals surface area contributed by atoms with E-state index in [1.807, 2.05) is 24.4 Å². The predicted octanol–water partition coefficient (Wildman–Crippen LogP) is 4.16. The molecule has 0 radical (unpaired) electrons. The van der Waals surface area contributed by atoms with Gasteiger partial charge >= 0.3 is 5.97 Å². The number of para-hydroxylation sites is 1. The number of methoxy groups -OCH3 is 1. The summed E-state index contributed by atoms with van der Waals surface area (Å²) in [4.78, 5) is 28.7. The summed E-state index contributed by atoms with van der Waals surface area (Å²) in [5.41, 5.74) is 3.16. The molecule has 0 saturated heterocycles. The molecule has 0 fully saturated rings. The van der Waals surface area contributed by atoms with E-state index >= 15 is 0 Å². The number of esters is 1. The lowest BCUT2D eigenvalue weighted by molar-refractivity contribution is 0.0602. The quantitative estimate of drug-likeness (QED) is 0.716. The number of benzene rings is 2. The van der Waals surface area contributed by atoms with Gasteiger partial charge in [0, 0.05) is 22.2 Å². The number of nitrogens with one attached hydrogen (secondary N) is 1. The third kappa shape index (κ3) is 3.75. The molecule has 1 aromatic heterocycles. The SMILES string of the molecule is COC(=O)c1ccccc1NC(=O)c1ccc(-c2nc(C)cs2)cc1. The van der Waals surface area contributed by atoms with Crippen molar-refractivity contribution in [3.63, 3.8) is 0 Å². The molecule has 126 valence electrons. The highest BCUT2D eigenvalue weighted by Gasteiger charge is 2.14. The normalized spacial score (nSPS) is 10.3. The summed E-state index contributed by atoms with van der Waals surface area (Å²) in [6, 6.07) is 13.9. The number of carbonyl (C=O) groups excluding carboxylic acids is 2. The van der Waals surface area contributed by atoms with Gasteiger partial charge in [-0.15, -0.1) is 11.3 Å². The van der Waals surface area contributed by atoms with Gasteiger partial charge in [0.2, 0.25) is 0 Å². The molecule has 0 atom stereocenters. The van der Waals surface area contributed by atoms with Crippen LogP contribution >= 0.6 is 11.3 Å². The molecule has 3 aromatic rings. The maximum atomic E-state index is 12.5. The Morgan fingerprint density at radius 3 is 2.44 bits per heavy atom. The summed E-state index contributed by atoms with van der Waals surface area (Å²) >= 11 is 1.56. The maximum absolute atomic E-state index is 12.5. The zero-order valence-electron chi connectivity index (χ0n) is 13.8. The van der Waals surface area contributed by atoms with E-state index in [2.05, 4.69) is 10.3 Å². The Balaban J connectivity index is 1.79. The largest absolute Gasteiger partial charge is 0.465 e. The number of hydrogen-bond acceptors (Lipinski definition) is 5. The molecule has 0 unspecified atom stereocenters. The molecule has 0 bridgehead atoms. The van der Waals surface area contributed by atoms with Crippen LogP contribution < -0.4 is 5.32 Å². The molecule has 5 nitrogen and oxygen atoms in total. The molecule has 0 aliphatic carbocycles. The minimum absolute atomic E-state index is 0.293. The van der Waals surface area contributed by atoms with Gasteiger partial charge in [-0.2, -0.15) is 0 Å². The van der Waals surface area contributed by atoms with Crippen LogP contribution in [0.5, 0.6) is 0 Å². The van der Waals surface area contributed by atoms with Crippen molar-refractivity contribution in [1.82, 2.24) is 4.98 Å². The molecular weight excluding hydrogens is 336 g/mol. The molecular formula is C19H16N2O3S. The second-order valence-electron chi connectivity index (χ2n) is 5.36. The Morgan fingerprint density at radius 1 is 1.08 bits per heavy atom. The van der Waals surface area contributed by atoms with Crippen LogP contribution in [0.15, 0.2) is 53.9 Å². The first kappa shape index (κ1) is 16.9. The Hall–Kier alpha value is -2.99. The van der Waals surface area contributed by atoms with Crippen LogP contribution in [-0.2, 0) is 4.74 Å². The van der Waals surface area contributed by atoms with Gasteiger partial charge in [-0.1, -0.05) is 24.3 Å². The van der Waals surface area contributed by atoms with E-state index in [-0.39, 0.29) is 5.91 Å². The van der Waals surface area contributed by atoms with E-state index in [1.54, 1.807) is 47.7 Å². The second kappa shape index (κ2) is 7.27. The Bertz CT molecular complexity index is 916. The van der Waals surface area contributed by atoms with Crippen molar-refractivity contribution in [3.8, 4) is 10.6 Å². The number of carbonyl (C=O) groups is 2. The number of aromatic nitrogens is 1. The van der Waals surface area contributed by atoms with Crippen molar-refractivity contribution in [2.75, 3.05) is 12.4 Å². The molecule has 2 aromatic carbocycles. The number of rotatable bonds is 4. The average Bonchev–Trinajstić information content (AvgIpc) is 3.08.